The van der Waals surface area contributed by atoms with Crippen LogP contribution in [0.25, 0.3) is 0 Å². The number of benzene rings is 2. The highest BCUT2D eigenvalue weighted by molar-refractivity contribution is 7.89. The second kappa shape index (κ2) is 9.68. The minimum atomic E-state index is -3.67. The average Bonchev–Trinajstić information content (AvgIpc) is 2.60. The number of halogens is 1. The van der Waals surface area contributed by atoms with Crippen molar-refractivity contribution < 1.29 is 13.2 Å². The van der Waals surface area contributed by atoms with Gasteiger partial charge < -0.3 is 10.6 Å². The van der Waals surface area contributed by atoms with Gasteiger partial charge in [-0.2, -0.15) is 0 Å². The van der Waals surface area contributed by atoms with E-state index >= 15 is 0 Å². The highest BCUT2D eigenvalue weighted by atomic mass is 35.5. The fourth-order valence-corrected chi connectivity index (χ4v) is 3.07. The summed E-state index contributed by atoms with van der Waals surface area (Å²) in [6.07, 6.45) is 0.985. The first kappa shape index (κ1) is 20.4. The van der Waals surface area contributed by atoms with Gasteiger partial charge in [0.15, 0.2) is 0 Å². The largest absolute Gasteiger partial charge is 0.356 e. The number of nitrogens with one attached hydrogen (secondary N) is 2. The van der Waals surface area contributed by atoms with Crippen molar-refractivity contribution in [1.82, 2.24) is 10.6 Å². The van der Waals surface area contributed by atoms with Gasteiger partial charge in [-0.25, -0.2) is 13.6 Å². The monoisotopic (exact) mass is 395 g/mol. The van der Waals surface area contributed by atoms with E-state index in [1.54, 1.807) is 12.1 Å². The van der Waals surface area contributed by atoms with Gasteiger partial charge in [-0.15, -0.1) is 0 Å². The molecule has 2 aromatic carbocycles. The molecule has 8 heteroatoms. The molecule has 0 spiro atoms. The molecule has 2 rings (SSSR count). The van der Waals surface area contributed by atoms with Crippen molar-refractivity contribution >= 4 is 27.5 Å². The van der Waals surface area contributed by atoms with Crippen molar-refractivity contribution in [2.75, 3.05) is 13.1 Å². The molecular formula is C18H22ClN3O3S. The van der Waals surface area contributed by atoms with Crippen LogP contribution in [0.2, 0.25) is 5.02 Å². The molecule has 140 valence electrons. The Labute approximate surface area is 158 Å². The summed E-state index contributed by atoms with van der Waals surface area (Å²) in [5.41, 5.74) is 1.92. The maximum absolute atomic E-state index is 11.8. The number of nitrogens with two attached hydrogens (primary N) is 1. The van der Waals surface area contributed by atoms with Crippen LogP contribution in [0.15, 0.2) is 53.4 Å². The van der Waals surface area contributed by atoms with Gasteiger partial charge in [0.05, 0.1) is 4.90 Å². The lowest BCUT2D eigenvalue weighted by molar-refractivity contribution is -0.120. The summed E-state index contributed by atoms with van der Waals surface area (Å²) >= 11 is 6.07. The van der Waals surface area contributed by atoms with Crippen LogP contribution in [0.1, 0.15) is 17.5 Å². The van der Waals surface area contributed by atoms with E-state index in [9.17, 15) is 13.2 Å². The van der Waals surface area contributed by atoms with Crippen molar-refractivity contribution in [3.63, 3.8) is 0 Å². The van der Waals surface area contributed by atoms with Gasteiger partial charge in [-0.3, -0.25) is 4.79 Å². The number of primary sulfonamides is 1. The minimum absolute atomic E-state index is 0.0437. The van der Waals surface area contributed by atoms with Crippen LogP contribution in [-0.4, -0.2) is 27.4 Å². The van der Waals surface area contributed by atoms with Gasteiger partial charge >= 0.3 is 0 Å². The number of carbonyl (C=O) groups excluding carboxylic acids is 1. The number of amides is 1. The molecule has 0 aliphatic carbocycles. The third kappa shape index (κ3) is 6.76. The van der Waals surface area contributed by atoms with Crippen molar-refractivity contribution in [3.8, 4) is 0 Å². The van der Waals surface area contributed by atoms with Crippen molar-refractivity contribution in [2.45, 2.75) is 24.3 Å². The molecular weight excluding hydrogens is 374 g/mol. The smallest absolute Gasteiger partial charge is 0.238 e. The van der Waals surface area contributed by atoms with E-state index in [1.165, 1.54) is 12.1 Å². The standard InChI is InChI=1S/C18H22ClN3O3S/c19-17-4-2-1-3-15(17)13-21-11-10-18(23)22-12-9-14-5-7-16(8-6-14)26(20,24)25/h1-8,21H,9-13H2,(H,22,23)(H2,20,24,25). The second-order valence-corrected chi connectivity index (χ2v) is 7.78. The highest BCUT2D eigenvalue weighted by Gasteiger charge is 2.07. The summed E-state index contributed by atoms with van der Waals surface area (Å²) in [5.74, 6) is -0.0437. The van der Waals surface area contributed by atoms with Crippen LogP contribution in [0, 0.1) is 0 Å². The lowest BCUT2D eigenvalue weighted by Crippen LogP contribution is -2.29. The van der Waals surface area contributed by atoms with E-state index < -0.39 is 10.0 Å². The van der Waals surface area contributed by atoms with E-state index in [0.29, 0.717) is 37.5 Å². The molecule has 0 aromatic heterocycles. The fraction of sp³-hybridized carbons (Fsp3) is 0.278. The Morgan fingerprint density at radius 2 is 1.73 bits per heavy atom. The molecule has 0 aliphatic heterocycles. The van der Waals surface area contributed by atoms with Gasteiger partial charge in [0.25, 0.3) is 0 Å². The fourth-order valence-electron chi connectivity index (χ4n) is 2.35. The molecule has 26 heavy (non-hydrogen) atoms. The molecule has 1 amide bonds. The molecule has 0 heterocycles. The first-order valence-corrected chi connectivity index (χ1v) is 10.1. The zero-order valence-electron chi connectivity index (χ0n) is 14.2. The summed E-state index contributed by atoms with van der Waals surface area (Å²) in [6, 6.07) is 13.9. The Balaban J connectivity index is 1.64. The van der Waals surface area contributed by atoms with Crippen LogP contribution in [0.3, 0.4) is 0 Å². The van der Waals surface area contributed by atoms with E-state index in [2.05, 4.69) is 10.6 Å². The summed E-state index contributed by atoms with van der Waals surface area (Å²) in [5, 5.41) is 11.8. The number of rotatable bonds is 9. The predicted molar refractivity (Wildman–Crippen MR) is 102 cm³/mol. The molecule has 0 unspecified atom stereocenters. The van der Waals surface area contributed by atoms with E-state index in [0.717, 1.165) is 11.1 Å². The number of hydrogen-bond donors (Lipinski definition) is 3. The Kier molecular flexibility index (Phi) is 7.59. The van der Waals surface area contributed by atoms with Crippen LogP contribution < -0.4 is 15.8 Å². The Morgan fingerprint density at radius 3 is 2.38 bits per heavy atom. The molecule has 2 aromatic rings. The van der Waals surface area contributed by atoms with Crippen LogP contribution >= 0.6 is 11.6 Å². The van der Waals surface area contributed by atoms with Gasteiger partial charge in [0.1, 0.15) is 0 Å². The maximum Gasteiger partial charge on any atom is 0.238 e. The van der Waals surface area contributed by atoms with Crippen LogP contribution in [0.5, 0.6) is 0 Å². The average molecular weight is 396 g/mol. The summed E-state index contributed by atoms with van der Waals surface area (Å²) < 4.78 is 22.4. The van der Waals surface area contributed by atoms with E-state index in [4.69, 9.17) is 16.7 Å². The lowest BCUT2D eigenvalue weighted by Gasteiger charge is -2.08. The van der Waals surface area contributed by atoms with Gasteiger partial charge in [-0.05, 0) is 35.7 Å². The van der Waals surface area contributed by atoms with Gasteiger partial charge in [0, 0.05) is 31.1 Å². The molecule has 0 radical (unpaired) electrons. The van der Waals surface area contributed by atoms with Gasteiger partial charge in [-0.1, -0.05) is 41.9 Å². The summed E-state index contributed by atoms with van der Waals surface area (Å²) in [6.45, 7) is 1.65. The number of hydrogen-bond acceptors (Lipinski definition) is 4. The predicted octanol–water partition coefficient (Wildman–Crippen LogP) is 1.83. The molecule has 4 N–H and O–H groups in total. The Hall–Kier alpha value is -1.93. The Bertz CT molecular complexity index is 839. The van der Waals surface area contributed by atoms with Gasteiger partial charge in [0.2, 0.25) is 15.9 Å². The topological polar surface area (TPSA) is 101 Å². The third-order valence-electron chi connectivity index (χ3n) is 3.79. The highest BCUT2D eigenvalue weighted by Crippen LogP contribution is 2.14. The molecule has 0 bridgehead atoms. The maximum atomic E-state index is 11.8. The van der Waals surface area contributed by atoms with E-state index in [-0.39, 0.29) is 10.8 Å². The summed E-state index contributed by atoms with van der Waals surface area (Å²) in [7, 11) is -3.67. The summed E-state index contributed by atoms with van der Waals surface area (Å²) in [4.78, 5) is 11.9. The van der Waals surface area contributed by atoms with Crippen molar-refractivity contribution in [2.24, 2.45) is 5.14 Å². The molecule has 0 fully saturated rings. The number of sulfonamides is 1. The minimum Gasteiger partial charge on any atom is -0.356 e. The second-order valence-electron chi connectivity index (χ2n) is 5.81. The molecule has 0 saturated heterocycles. The SMILES string of the molecule is NS(=O)(=O)c1ccc(CCNC(=O)CCNCc2ccccc2Cl)cc1. The quantitative estimate of drug-likeness (QED) is 0.564. The first-order chi connectivity index (χ1) is 12.4. The molecule has 0 aliphatic rings. The molecule has 6 nitrogen and oxygen atoms in total. The van der Waals surface area contributed by atoms with Crippen molar-refractivity contribution in [3.05, 3.63) is 64.7 Å². The number of carbonyl (C=O) groups is 1. The Morgan fingerprint density at radius 1 is 1.04 bits per heavy atom. The molecule has 0 saturated carbocycles. The normalized spacial score (nSPS) is 11.3. The first-order valence-electron chi connectivity index (χ1n) is 8.19. The van der Waals surface area contributed by atoms with Crippen molar-refractivity contribution in [1.29, 1.82) is 0 Å². The molecule has 0 atom stereocenters. The zero-order valence-corrected chi connectivity index (χ0v) is 15.8. The lowest BCUT2D eigenvalue weighted by atomic mass is 10.1. The zero-order chi connectivity index (χ0) is 19.0. The van der Waals surface area contributed by atoms with Crippen LogP contribution in [0.4, 0.5) is 0 Å². The third-order valence-corrected chi connectivity index (χ3v) is 5.09. The van der Waals surface area contributed by atoms with Crippen LogP contribution in [-0.2, 0) is 27.8 Å². The van der Waals surface area contributed by atoms with E-state index in [1.807, 2.05) is 24.3 Å².